The number of benzene rings is 3. The number of ether oxygens (including phenoxy) is 1. The van der Waals surface area contributed by atoms with Gasteiger partial charge in [0.1, 0.15) is 0 Å². The van der Waals surface area contributed by atoms with Gasteiger partial charge in [0.25, 0.3) is 0 Å². The van der Waals surface area contributed by atoms with Gasteiger partial charge in [-0.3, -0.25) is 0 Å². The van der Waals surface area contributed by atoms with Crippen molar-refractivity contribution in [1.29, 1.82) is 0 Å². The van der Waals surface area contributed by atoms with Gasteiger partial charge in [-0.25, -0.2) is 0 Å². The quantitative estimate of drug-likeness (QED) is 0.441. The standard InChI is InChI=1S/C21H19NO/c1-3-16-10-12-19-21(14-16)23-20-13-15(2)9-11-18(20)22(19)17-7-5-4-6-8-17/h4-14H,3H2,1-2H3. The molecule has 0 aliphatic carbocycles. The van der Waals surface area contributed by atoms with E-state index in [1.807, 2.05) is 6.07 Å². The molecule has 1 aliphatic rings. The van der Waals surface area contributed by atoms with E-state index in [-0.39, 0.29) is 0 Å². The van der Waals surface area contributed by atoms with Crippen LogP contribution in [0.1, 0.15) is 18.1 Å². The Morgan fingerprint density at radius 1 is 0.826 bits per heavy atom. The topological polar surface area (TPSA) is 12.5 Å². The van der Waals surface area contributed by atoms with Crippen LogP contribution in [0.3, 0.4) is 0 Å². The van der Waals surface area contributed by atoms with Crippen LogP contribution < -0.4 is 9.64 Å². The summed E-state index contributed by atoms with van der Waals surface area (Å²) in [6.07, 6.45) is 1.00. The third-order valence-corrected chi connectivity index (χ3v) is 4.26. The van der Waals surface area contributed by atoms with Crippen LogP contribution in [-0.2, 0) is 6.42 Å². The second kappa shape index (κ2) is 5.47. The molecule has 4 rings (SSSR count). The molecule has 1 heterocycles. The van der Waals surface area contributed by atoms with Gasteiger partial charge < -0.3 is 9.64 Å². The minimum atomic E-state index is 0.912. The molecule has 2 heteroatoms. The first-order chi connectivity index (χ1) is 11.3. The number of fused-ring (bicyclic) bond motifs is 2. The molecule has 3 aromatic rings. The van der Waals surface area contributed by atoms with Gasteiger partial charge in [-0.05, 0) is 60.9 Å². The fourth-order valence-corrected chi connectivity index (χ4v) is 3.04. The van der Waals surface area contributed by atoms with Gasteiger partial charge in [-0.2, -0.15) is 0 Å². The van der Waals surface area contributed by atoms with Crippen molar-refractivity contribution in [2.24, 2.45) is 0 Å². The fraction of sp³-hybridized carbons (Fsp3) is 0.143. The Kier molecular flexibility index (Phi) is 3.30. The molecule has 0 saturated carbocycles. The van der Waals surface area contributed by atoms with Gasteiger partial charge in [0.05, 0.1) is 11.4 Å². The average Bonchev–Trinajstić information content (AvgIpc) is 2.59. The van der Waals surface area contributed by atoms with Crippen molar-refractivity contribution in [2.75, 3.05) is 4.90 Å². The van der Waals surface area contributed by atoms with Crippen molar-refractivity contribution >= 4 is 17.1 Å². The van der Waals surface area contributed by atoms with Gasteiger partial charge >= 0.3 is 0 Å². The van der Waals surface area contributed by atoms with Gasteiger partial charge in [0.2, 0.25) is 0 Å². The third-order valence-electron chi connectivity index (χ3n) is 4.26. The monoisotopic (exact) mass is 301 g/mol. The lowest BCUT2D eigenvalue weighted by atomic mass is 10.1. The predicted octanol–water partition coefficient (Wildman–Crippen LogP) is 6.13. The Balaban J connectivity index is 1.94. The highest BCUT2D eigenvalue weighted by Gasteiger charge is 2.25. The zero-order chi connectivity index (χ0) is 15.8. The molecule has 0 fully saturated rings. The van der Waals surface area contributed by atoms with E-state index in [2.05, 4.69) is 79.4 Å². The van der Waals surface area contributed by atoms with Crippen LogP contribution in [0.5, 0.6) is 11.5 Å². The van der Waals surface area contributed by atoms with E-state index < -0.39 is 0 Å². The third kappa shape index (κ3) is 2.36. The number of para-hydroxylation sites is 1. The van der Waals surface area contributed by atoms with Crippen molar-refractivity contribution in [2.45, 2.75) is 20.3 Å². The first kappa shape index (κ1) is 13.9. The molecular weight excluding hydrogens is 282 g/mol. The van der Waals surface area contributed by atoms with Crippen LogP contribution in [0.2, 0.25) is 0 Å². The Bertz CT molecular complexity index is 855. The maximum Gasteiger partial charge on any atom is 0.151 e. The van der Waals surface area contributed by atoms with Crippen LogP contribution in [0.4, 0.5) is 17.1 Å². The second-order valence-electron chi connectivity index (χ2n) is 5.90. The number of aryl methyl sites for hydroxylation is 2. The molecule has 0 atom stereocenters. The Hall–Kier alpha value is -2.74. The largest absolute Gasteiger partial charge is 0.453 e. The molecule has 0 saturated heterocycles. The Labute approximate surface area is 137 Å². The predicted molar refractivity (Wildman–Crippen MR) is 95.3 cm³/mol. The normalized spacial score (nSPS) is 12.3. The molecule has 0 aromatic heterocycles. The summed E-state index contributed by atoms with van der Waals surface area (Å²) in [5.41, 5.74) is 5.80. The molecular formula is C21H19NO. The molecule has 3 aromatic carbocycles. The summed E-state index contributed by atoms with van der Waals surface area (Å²) in [7, 11) is 0. The second-order valence-corrected chi connectivity index (χ2v) is 5.90. The number of anilines is 3. The van der Waals surface area contributed by atoms with Crippen LogP contribution in [0, 0.1) is 6.92 Å². The average molecular weight is 301 g/mol. The molecule has 0 spiro atoms. The Morgan fingerprint density at radius 2 is 1.52 bits per heavy atom. The van der Waals surface area contributed by atoms with Crippen molar-refractivity contribution in [3.05, 3.63) is 77.9 Å². The van der Waals surface area contributed by atoms with Crippen molar-refractivity contribution in [1.82, 2.24) is 0 Å². The van der Waals surface area contributed by atoms with Gasteiger partial charge in [0, 0.05) is 5.69 Å². The van der Waals surface area contributed by atoms with E-state index in [0.717, 1.165) is 35.0 Å². The summed E-state index contributed by atoms with van der Waals surface area (Å²) in [5, 5.41) is 0. The summed E-state index contributed by atoms with van der Waals surface area (Å²) in [5.74, 6) is 1.83. The SMILES string of the molecule is CCc1ccc2c(c1)Oc1cc(C)ccc1N2c1ccccc1. The molecule has 1 aliphatic heterocycles. The highest BCUT2D eigenvalue weighted by Crippen LogP contribution is 2.50. The number of rotatable bonds is 2. The fourth-order valence-electron chi connectivity index (χ4n) is 3.04. The van der Waals surface area contributed by atoms with E-state index >= 15 is 0 Å². The minimum Gasteiger partial charge on any atom is -0.453 e. The lowest BCUT2D eigenvalue weighted by molar-refractivity contribution is 0.476. The van der Waals surface area contributed by atoms with Gasteiger partial charge in [-0.1, -0.05) is 37.3 Å². The molecule has 0 amide bonds. The minimum absolute atomic E-state index is 0.912. The zero-order valence-corrected chi connectivity index (χ0v) is 13.4. The molecule has 0 unspecified atom stereocenters. The Morgan fingerprint density at radius 3 is 2.26 bits per heavy atom. The summed E-state index contributed by atoms with van der Waals surface area (Å²) >= 11 is 0. The summed E-state index contributed by atoms with van der Waals surface area (Å²) in [4.78, 5) is 2.27. The van der Waals surface area contributed by atoms with E-state index in [0.29, 0.717) is 0 Å². The lowest BCUT2D eigenvalue weighted by Crippen LogP contribution is -2.16. The summed E-state index contributed by atoms with van der Waals surface area (Å²) < 4.78 is 6.21. The molecule has 0 bridgehead atoms. The van der Waals surface area contributed by atoms with Crippen LogP contribution in [0.25, 0.3) is 0 Å². The molecule has 2 nitrogen and oxygen atoms in total. The highest BCUT2D eigenvalue weighted by molar-refractivity contribution is 5.86. The molecule has 0 N–H and O–H groups in total. The zero-order valence-electron chi connectivity index (χ0n) is 13.4. The van der Waals surface area contributed by atoms with E-state index in [9.17, 15) is 0 Å². The van der Waals surface area contributed by atoms with Crippen LogP contribution in [0.15, 0.2) is 66.7 Å². The molecule has 23 heavy (non-hydrogen) atoms. The highest BCUT2D eigenvalue weighted by atomic mass is 16.5. The molecule has 0 radical (unpaired) electrons. The lowest BCUT2D eigenvalue weighted by Gasteiger charge is -2.33. The van der Waals surface area contributed by atoms with Crippen LogP contribution >= 0.6 is 0 Å². The first-order valence-electron chi connectivity index (χ1n) is 8.03. The van der Waals surface area contributed by atoms with E-state index in [4.69, 9.17) is 4.74 Å². The van der Waals surface area contributed by atoms with Crippen LogP contribution in [-0.4, -0.2) is 0 Å². The maximum absolute atomic E-state index is 6.21. The first-order valence-corrected chi connectivity index (χ1v) is 8.03. The number of nitrogens with zero attached hydrogens (tertiary/aromatic N) is 1. The number of hydrogen-bond acceptors (Lipinski definition) is 2. The van der Waals surface area contributed by atoms with Crippen molar-refractivity contribution in [3.63, 3.8) is 0 Å². The van der Waals surface area contributed by atoms with Crippen molar-refractivity contribution in [3.8, 4) is 11.5 Å². The van der Waals surface area contributed by atoms with E-state index in [1.165, 1.54) is 11.1 Å². The summed E-state index contributed by atoms with van der Waals surface area (Å²) in [6, 6.07) is 23.3. The summed E-state index contributed by atoms with van der Waals surface area (Å²) in [6.45, 7) is 4.26. The maximum atomic E-state index is 6.21. The van der Waals surface area contributed by atoms with Gasteiger partial charge in [-0.15, -0.1) is 0 Å². The van der Waals surface area contributed by atoms with Gasteiger partial charge in [0.15, 0.2) is 11.5 Å². The van der Waals surface area contributed by atoms with E-state index in [1.54, 1.807) is 0 Å². The van der Waals surface area contributed by atoms with Crippen molar-refractivity contribution < 1.29 is 4.74 Å². The number of hydrogen-bond donors (Lipinski definition) is 0. The smallest absolute Gasteiger partial charge is 0.151 e. The molecule has 114 valence electrons.